The van der Waals surface area contributed by atoms with Gasteiger partial charge in [0.15, 0.2) is 0 Å². The van der Waals surface area contributed by atoms with E-state index in [0.717, 1.165) is 36.0 Å². The van der Waals surface area contributed by atoms with Crippen LogP contribution in [0.1, 0.15) is 18.7 Å². The standard InChI is InChI=1S/C25H28BrN5O4S/c26-21-8-6-19(7-9-21)24-27-23(35-28-24)18-29-12-10-20(11-13-29)25(32)30-14-16-31(17-15-30)36(33,34)22-4-2-1-3-5-22/h1-9,20H,10-18H2. The number of benzene rings is 2. The van der Waals surface area contributed by atoms with Crippen molar-refractivity contribution in [2.45, 2.75) is 24.3 Å². The van der Waals surface area contributed by atoms with Crippen molar-refractivity contribution in [2.24, 2.45) is 5.92 Å². The van der Waals surface area contributed by atoms with Crippen LogP contribution in [0.2, 0.25) is 0 Å². The molecule has 2 aliphatic heterocycles. The third kappa shape index (κ3) is 5.54. The molecule has 0 atom stereocenters. The Morgan fingerprint density at radius 3 is 2.28 bits per heavy atom. The fraction of sp³-hybridized carbons (Fsp3) is 0.400. The van der Waals surface area contributed by atoms with Crippen LogP contribution in [0.4, 0.5) is 0 Å². The number of sulfonamides is 1. The Morgan fingerprint density at radius 2 is 1.61 bits per heavy atom. The van der Waals surface area contributed by atoms with E-state index in [4.69, 9.17) is 4.52 Å². The van der Waals surface area contributed by atoms with Gasteiger partial charge < -0.3 is 9.42 Å². The summed E-state index contributed by atoms with van der Waals surface area (Å²) in [7, 11) is -3.52. The summed E-state index contributed by atoms with van der Waals surface area (Å²) in [6.07, 6.45) is 1.52. The quantitative estimate of drug-likeness (QED) is 0.446. The number of carbonyl (C=O) groups is 1. The predicted molar refractivity (Wildman–Crippen MR) is 137 cm³/mol. The maximum absolute atomic E-state index is 13.1. The van der Waals surface area contributed by atoms with Crippen molar-refractivity contribution in [1.82, 2.24) is 24.2 Å². The van der Waals surface area contributed by atoms with E-state index in [1.54, 1.807) is 30.3 Å². The molecule has 9 nitrogen and oxygen atoms in total. The minimum Gasteiger partial charge on any atom is -0.340 e. The summed E-state index contributed by atoms with van der Waals surface area (Å²) in [5.74, 6) is 1.21. The van der Waals surface area contributed by atoms with Crippen LogP contribution in [0, 0.1) is 5.92 Å². The maximum atomic E-state index is 13.1. The highest BCUT2D eigenvalue weighted by Gasteiger charge is 2.34. The largest absolute Gasteiger partial charge is 0.340 e. The highest BCUT2D eigenvalue weighted by molar-refractivity contribution is 9.10. The molecular weight excluding hydrogens is 546 g/mol. The number of amides is 1. The van der Waals surface area contributed by atoms with Crippen molar-refractivity contribution in [3.05, 3.63) is 65.0 Å². The summed E-state index contributed by atoms with van der Waals surface area (Å²) in [5, 5.41) is 4.09. The van der Waals surface area contributed by atoms with E-state index in [1.165, 1.54) is 4.31 Å². The molecule has 2 fully saturated rings. The number of halogens is 1. The maximum Gasteiger partial charge on any atom is 0.243 e. The van der Waals surface area contributed by atoms with Crippen LogP contribution in [0.5, 0.6) is 0 Å². The van der Waals surface area contributed by atoms with E-state index in [0.29, 0.717) is 49.3 Å². The second kappa shape index (κ2) is 10.8. The molecule has 2 aliphatic rings. The molecule has 36 heavy (non-hydrogen) atoms. The number of rotatable bonds is 6. The van der Waals surface area contributed by atoms with Gasteiger partial charge in [0.1, 0.15) is 0 Å². The molecule has 0 aliphatic carbocycles. The zero-order valence-electron chi connectivity index (χ0n) is 19.8. The molecule has 0 spiro atoms. The van der Waals surface area contributed by atoms with Gasteiger partial charge in [-0.25, -0.2) is 8.42 Å². The lowest BCUT2D eigenvalue weighted by atomic mass is 9.95. The Morgan fingerprint density at radius 1 is 0.944 bits per heavy atom. The number of hydrogen-bond acceptors (Lipinski definition) is 7. The molecule has 0 unspecified atom stereocenters. The van der Waals surface area contributed by atoms with Gasteiger partial charge in [0.05, 0.1) is 11.4 Å². The Hall–Kier alpha value is -2.60. The number of carbonyl (C=O) groups excluding carboxylic acids is 1. The van der Waals surface area contributed by atoms with E-state index in [-0.39, 0.29) is 11.8 Å². The van der Waals surface area contributed by atoms with Crippen LogP contribution >= 0.6 is 15.9 Å². The van der Waals surface area contributed by atoms with E-state index in [2.05, 4.69) is 31.0 Å². The van der Waals surface area contributed by atoms with Gasteiger partial charge in [-0.3, -0.25) is 9.69 Å². The molecule has 190 valence electrons. The van der Waals surface area contributed by atoms with Gasteiger partial charge in [-0.15, -0.1) is 0 Å². The van der Waals surface area contributed by atoms with Gasteiger partial charge >= 0.3 is 0 Å². The number of aromatic nitrogens is 2. The molecule has 0 bridgehead atoms. The summed E-state index contributed by atoms with van der Waals surface area (Å²) in [6.45, 7) is 3.58. The average Bonchev–Trinajstić information content (AvgIpc) is 3.38. The van der Waals surface area contributed by atoms with Crippen LogP contribution < -0.4 is 0 Å². The van der Waals surface area contributed by atoms with Crippen LogP contribution in [-0.2, 0) is 21.4 Å². The first-order valence-electron chi connectivity index (χ1n) is 12.0. The normalized spacial score (nSPS) is 18.4. The van der Waals surface area contributed by atoms with E-state index < -0.39 is 10.0 Å². The van der Waals surface area contributed by atoms with Crippen molar-refractivity contribution >= 4 is 31.9 Å². The molecule has 2 aromatic carbocycles. The van der Waals surface area contributed by atoms with Crippen LogP contribution in [0.25, 0.3) is 11.4 Å². The SMILES string of the molecule is O=C(C1CCN(Cc2nc(-c3ccc(Br)cc3)no2)CC1)N1CCN(S(=O)(=O)c2ccccc2)CC1. The second-order valence-corrected chi connectivity index (χ2v) is 12.0. The van der Waals surface area contributed by atoms with Gasteiger partial charge in [0.25, 0.3) is 0 Å². The first-order chi connectivity index (χ1) is 17.4. The molecule has 3 heterocycles. The third-order valence-corrected chi connectivity index (χ3v) is 9.24. The Labute approximate surface area is 219 Å². The molecule has 1 amide bonds. The van der Waals surface area contributed by atoms with Crippen LogP contribution in [0.3, 0.4) is 0 Å². The summed E-state index contributed by atoms with van der Waals surface area (Å²) in [6, 6.07) is 16.2. The number of piperazine rings is 1. The fourth-order valence-corrected chi connectivity index (χ4v) is 6.42. The second-order valence-electron chi connectivity index (χ2n) is 9.11. The van der Waals surface area contributed by atoms with Crippen molar-refractivity contribution in [2.75, 3.05) is 39.3 Å². The van der Waals surface area contributed by atoms with Gasteiger partial charge in [0, 0.05) is 42.1 Å². The monoisotopic (exact) mass is 573 g/mol. The van der Waals surface area contributed by atoms with E-state index >= 15 is 0 Å². The zero-order chi connectivity index (χ0) is 25.1. The Kier molecular flexibility index (Phi) is 7.52. The fourth-order valence-electron chi connectivity index (χ4n) is 4.71. The summed E-state index contributed by atoms with van der Waals surface area (Å²) in [5.41, 5.74) is 0.897. The minimum atomic E-state index is -3.52. The van der Waals surface area contributed by atoms with Crippen molar-refractivity contribution in [3.8, 4) is 11.4 Å². The van der Waals surface area contributed by atoms with E-state index in [1.807, 2.05) is 29.2 Å². The number of likely N-dealkylation sites (tertiary alicyclic amines) is 1. The molecule has 0 saturated carbocycles. The molecule has 5 rings (SSSR count). The van der Waals surface area contributed by atoms with Gasteiger partial charge in [-0.05, 0) is 62.3 Å². The minimum absolute atomic E-state index is 0.0421. The number of hydrogen-bond donors (Lipinski definition) is 0. The smallest absolute Gasteiger partial charge is 0.243 e. The van der Waals surface area contributed by atoms with Gasteiger partial charge in [0.2, 0.25) is 27.6 Å². The molecular formula is C25H28BrN5O4S. The topological polar surface area (TPSA) is 99.8 Å². The molecule has 0 N–H and O–H groups in total. The average molecular weight is 575 g/mol. The predicted octanol–water partition coefficient (Wildman–Crippen LogP) is 3.24. The lowest BCUT2D eigenvalue weighted by Crippen LogP contribution is -2.52. The van der Waals surface area contributed by atoms with Gasteiger partial charge in [-0.1, -0.05) is 39.3 Å². The van der Waals surface area contributed by atoms with Crippen molar-refractivity contribution in [3.63, 3.8) is 0 Å². The van der Waals surface area contributed by atoms with Crippen LogP contribution in [0.15, 0.2) is 68.5 Å². The molecule has 1 aromatic heterocycles. The third-order valence-electron chi connectivity index (χ3n) is 6.80. The first kappa shape index (κ1) is 25.1. The van der Waals surface area contributed by atoms with E-state index in [9.17, 15) is 13.2 Å². The van der Waals surface area contributed by atoms with Crippen LogP contribution in [-0.4, -0.2) is 77.8 Å². The number of piperidine rings is 1. The highest BCUT2D eigenvalue weighted by Crippen LogP contribution is 2.24. The van der Waals surface area contributed by atoms with Crippen molar-refractivity contribution < 1.29 is 17.7 Å². The lowest BCUT2D eigenvalue weighted by Gasteiger charge is -2.38. The highest BCUT2D eigenvalue weighted by atomic mass is 79.9. The first-order valence-corrected chi connectivity index (χ1v) is 14.3. The van der Waals surface area contributed by atoms with Gasteiger partial charge in [-0.2, -0.15) is 9.29 Å². The molecule has 11 heteroatoms. The summed E-state index contributed by atoms with van der Waals surface area (Å²) >= 11 is 3.42. The number of nitrogens with zero attached hydrogens (tertiary/aromatic N) is 5. The summed E-state index contributed by atoms with van der Waals surface area (Å²) < 4.78 is 33.6. The van der Waals surface area contributed by atoms with Crippen molar-refractivity contribution in [1.29, 1.82) is 0 Å². The Balaban J connectivity index is 1.10. The molecule has 3 aromatic rings. The lowest BCUT2D eigenvalue weighted by molar-refractivity contribution is -0.138. The molecule has 2 saturated heterocycles. The Bertz CT molecular complexity index is 1280. The zero-order valence-corrected chi connectivity index (χ0v) is 22.2. The molecule has 0 radical (unpaired) electrons. The summed E-state index contributed by atoms with van der Waals surface area (Å²) in [4.78, 5) is 22.0.